The van der Waals surface area contributed by atoms with Crippen molar-refractivity contribution in [3.8, 4) is 28.6 Å². The lowest BCUT2D eigenvalue weighted by atomic mass is 10.1. The molecular weight excluding hydrogens is 410 g/mol. The third-order valence-electron chi connectivity index (χ3n) is 5.00. The molecule has 2 heterocycles. The zero-order valence-electron chi connectivity index (χ0n) is 16.7. The van der Waals surface area contributed by atoms with Gasteiger partial charge in [-0.1, -0.05) is 16.8 Å². The number of hydrogen-bond donors (Lipinski definition) is 0. The maximum Gasteiger partial charge on any atom is 0.232 e. The van der Waals surface area contributed by atoms with E-state index in [-0.39, 0.29) is 18.2 Å². The number of carbonyl (C=O) groups is 1. The second-order valence-electron chi connectivity index (χ2n) is 6.74. The van der Waals surface area contributed by atoms with Crippen LogP contribution in [0.3, 0.4) is 0 Å². The summed E-state index contributed by atoms with van der Waals surface area (Å²) in [7, 11) is 4.70. The summed E-state index contributed by atoms with van der Waals surface area (Å²) in [5.41, 5.74) is 1.29. The van der Waals surface area contributed by atoms with Crippen LogP contribution in [0.1, 0.15) is 18.2 Å². The van der Waals surface area contributed by atoms with E-state index in [9.17, 15) is 4.79 Å². The number of anilines is 1. The molecule has 8 nitrogen and oxygen atoms in total. The Balaban J connectivity index is 1.60. The molecule has 1 fully saturated rings. The second-order valence-corrected chi connectivity index (χ2v) is 7.18. The van der Waals surface area contributed by atoms with Gasteiger partial charge in [-0.2, -0.15) is 4.98 Å². The first-order chi connectivity index (χ1) is 14.5. The number of aromatic nitrogens is 2. The number of carbonyl (C=O) groups excluding carboxylic acids is 1. The van der Waals surface area contributed by atoms with Gasteiger partial charge >= 0.3 is 0 Å². The van der Waals surface area contributed by atoms with Crippen LogP contribution in [-0.2, 0) is 4.79 Å². The van der Waals surface area contributed by atoms with Gasteiger partial charge < -0.3 is 23.6 Å². The standard InChI is InChI=1S/C21H20ClN3O5/c1-27-14-5-6-15(18(10-14)29-3)20-23-21(30-24-20)12-8-19(26)25(11-12)16-9-13(22)4-7-17(16)28-2/h4-7,9-10,12H,8,11H2,1-3H3. The monoisotopic (exact) mass is 429 g/mol. The fourth-order valence-corrected chi connectivity index (χ4v) is 3.64. The van der Waals surface area contributed by atoms with Gasteiger partial charge in [0, 0.05) is 24.1 Å². The summed E-state index contributed by atoms with van der Waals surface area (Å²) in [6, 6.07) is 10.5. The molecule has 1 saturated heterocycles. The first-order valence-electron chi connectivity index (χ1n) is 9.24. The molecule has 1 atom stereocenters. The maximum atomic E-state index is 12.7. The van der Waals surface area contributed by atoms with E-state index in [4.69, 9.17) is 30.3 Å². The molecule has 1 amide bonds. The quantitative estimate of drug-likeness (QED) is 0.586. The molecule has 0 bridgehead atoms. The molecule has 0 saturated carbocycles. The predicted octanol–water partition coefficient (Wildman–Crippen LogP) is 3.94. The van der Waals surface area contributed by atoms with Crippen LogP contribution in [0, 0.1) is 0 Å². The van der Waals surface area contributed by atoms with Crippen LogP contribution >= 0.6 is 11.6 Å². The Morgan fingerprint density at radius 3 is 2.60 bits per heavy atom. The van der Waals surface area contributed by atoms with Gasteiger partial charge in [0.05, 0.1) is 38.5 Å². The first kappa shape index (κ1) is 20.0. The summed E-state index contributed by atoms with van der Waals surface area (Å²) in [4.78, 5) is 18.8. The Morgan fingerprint density at radius 1 is 1.07 bits per heavy atom. The summed E-state index contributed by atoms with van der Waals surface area (Å²) in [6.07, 6.45) is 0.247. The van der Waals surface area contributed by atoms with Crippen molar-refractivity contribution in [1.29, 1.82) is 0 Å². The first-order valence-corrected chi connectivity index (χ1v) is 9.61. The van der Waals surface area contributed by atoms with E-state index < -0.39 is 0 Å². The Bertz CT molecular complexity index is 1080. The van der Waals surface area contributed by atoms with E-state index in [1.54, 1.807) is 62.6 Å². The number of benzene rings is 2. The van der Waals surface area contributed by atoms with Crippen LogP contribution in [0.15, 0.2) is 40.9 Å². The Hall–Kier alpha value is -3.26. The van der Waals surface area contributed by atoms with Gasteiger partial charge in [-0.05, 0) is 30.3 Å². The number of hydrogen-bond acceptors (Lipinski definition) is 7. The molecule has 4 rings (SSSR count). The van der Waals surface area contributed by atoms with Crippen molar-refractivity contribution in [3.63, 3.8) is 0 Å². The maximum absolute atomic E-state index is 12.7. The van der Waals surface area contributed by atoms with Crippen LogP contribution in [0.25, 0.3) is 11.4 Å². The van der Waals surface area contributed by atoms with E-state index in [1.807, 2.05) is 0 Å². The number of halogens is 1. The van der Waals surface area contributed by atoms with Crippen LogP contribution in [0.4, 0.5) is 5.69 Å². The zero-order valence-corrected chi connectivity index (χ0v) is 17.5. The van der Waals surface area contributed by atoms with E-state index >= 15 is 0 Å². The van der Waals surface area contributed by atoms with Crippen LogP contribution in [-0.4, -0.2) is 43.9 Å². The van der Waals surface area contributed by atoms with Crippen molar-refractivity contribution < 1.29 is 23.5 Å². The lowest BCUT2D eigenvalue weighted by Gasteiger charge is -2.19. The summed E-state index contributed by atoms with van der Waals surface area (Å²) >= 11 is 6.12. The van der Waals surface area contributed by atoms with Gasteiger partial charge in [0.1, 0.15) is 17.2 Å². The van der Waals surface area contributed by atoms with Crippen LogP contribution in [0.5, 0.6) is 17.2 Å². The predicted molar refractivity (Wildman–Crippen MR) is 111 cm³/mol. The molecule has 9 heteroatoms. The third kappa shape index (κ3) is 3.66. The molecule has 1 unspecified atom stereocenters. The number of rotatable bonds is 6. The van der Waals surface area contributed by atoms with Crippen LogP contribution in [0.2, 0.25) is 5.02 Å². The molecule has 1 aromatic heterocycles. The van der Waals surface area contributed by atoms with E-state index in [2.05, 4.69) is 10.1 Å². The Kier molecular flexibility index (Phi) is 5.50. The highest BCUT2D eigenvalue weighted by Crippen LogP contribution is 2.38. The minimum absolute atomic E-state index is 0.0673. The smallest absolute Gasteiger partial charge is 0.232 e. The lowest BCUT2D eigenvalue weighted by Crippen LogP contribution is -2.24. The second kappa shape index (κ2) is 8.23. The summed E-state index contributed by atoms with van der Waals surface area (Å²) in [5.74, 6) is 2.26. The largest absolute Gasteiger partial charge is 0.497 e. The third-order valence-corrected chi connectivity index (χ3v) is 5.23. The van der Waals surface area contributed by atoms with E-state index in [0.29, 0.717) is 51.8 Å². The van der Waals surface area contributed by atoms with Gasteiger partial charge in [-0.3, -0.25) is 4.79 Å². The number of nitrogens with zero attached hydrogens (tertiary/aromatic N) is 3. The number of amides is 1. The molecule has 0 aliphatic carbocycles. The molecule has 0 radical (unpaired) electrons. The van der Waals surface area contributed by atoms with Crippen molar-refractivity contribution in [2.75, 3.05) is 32.8 Å². The molecule has 0 N–H and O–H groups in total. The molecular formula is C21H20ClN3O5. The van der Waals surface area contributed by atoms with Crippen molar-refractivity contribution in [2.45, 2.75) is 12.3 Å². The van der Waals surface area contributed by atoms with Crippen molar-refractivity contribution in [3.05, 3.63) is 47.3 Å². The summed E-state index contributed by atoms with van der Waals surface area (Å²) in [6.45, 7) is 0.386. The normalized spacial score (nSPS) is 16.1. The SMILES string of the molecule is COc1ccc(-c2noc(C3CC(=O)N(c4cc(Cl)ccc4OC)C3)n2)c(OC)c1. The van der Waals surface area contributed by atoms with Crippen molar-refractivity contribution >= 4 is 23.2 Å². The van der Waals surface area contributed by atoms with Crippen molar-refractivity contribution in [1.82, 2.24) is 10.1 Å². The van der Waals surface area contributed by atoms with Gasteiger partial charge in [0.2, 0.25) is 17.6 Å². The summed E-state index contributed by atoms with van der Waals surface area (Å²) < 4.78 is 21.5. The minimum atomic E-state index is -0.244. The molecule has 2 aromatic carbocycles. The van der Waals surface area contributed by atoms with Gasteiger partial charge in [-0.25, -0.2) is 0 Å². The van der Waals surface area contributed by atoms with Crippen LogP contribution < -0.4 is 19.1 Å². The highest BCUT2D eigenvalue weighted by Gasteiger charge is 2.36. The summed E-state index contributed by atoms with van der Waals surface area (Å²) in [5, 5.41) is 4.61. The highest BCUT2D eigenvalue weighted by molar-refractivity contribution is 6.31. The number of methoxy groups -OCH3 is 3. The molecule has 0 spiro atoms. The topological polar surface area (TPSA) is 86.9 Å². The molecule has 30 heavy (non-hydrogen) atoms. The van der Waals surface area contributed by atoms with Crippen molar-refractivity contribution in [2.24, 2.45) is 0 Å². The van der Waals surface area contributed by atoms with E-state index in [1.165, 1.54) is 0 Å². The van der Waals surface area contributed by atoms with Gasteiger partial charge in [0.15, 0.2) is 0 Å². The molecule has 3 aromatic rings. The Morgan fingerprint density at radius 2 is 1.87 bits per heavy atom. The average Bonchev–Trinajstić information content (AvgIpc) is 3.40. The minimum Gasteiger partial charge on any atom is -0.497 e. The Labute approximate surface area is 178 Å². The number of ether oxygens (including phenoxy) is 3. The van der Waals surface area contributed by atoms with E-state index in [0.717, 1.165) is 0 Å². The fourth-order valence-electron chi connectivity index (χ4n) is 3.47. The van der Waals surface area contributed by atoms with Gasteiger partial charge in [-0.15, -0.1) is 0 Å². The zero-order chi connectivity index (χ0) is 21.3. The highest BCUT2D eigenvalue weighted by atomic mass is 35.5. The van der Waals surface area contributed by atoms with Gasteiger partial charge in [0.25, 0.3) is 0 Å². The molecule has 1 aliphatic rings. The lowest BCUT2D eigenvalue weighted by molar-refractivity contribution is -0.117. The fraction of sp³-hybridized carbons (Fsp3) is 0.286. The average molecular weight is 430 g/mol. The molecule has 1 aliphatic heterocycles. The molecule has 156 valence electrons.